The lowest BCUT2D eigenvalue weighted by Crippen LogP contribution is -2.26. The number of unbranched alkanes of at least 4 members (excludes halogenated alkanes) is 2. The van der Waals surface area contributed by atoms with Crippen LogP contribution in [0.15, 0.2) is 0 Å². The van der Waals surface area contributed by atoms with E-state index in [1.165, 1.54) is 25.7 Å². The fraction of sp³-hybridized carbons (Fsp3) is 0.923. The Kier molecular flexibility index (Phi) is 11.2. The Morgan fingerprint density at radius 1 is 1.25 bits per heavy atom. The van der Waals surface area contributed by atoms with Crippen LogP contribution in [0.4, 0.5) is 0 Å². The third-order valence-corrected chi connectivity index (χ3v) is 3.70. The zero-order valence-corrected chi connectivity index (χ0v) is 11.9. The highest BCUT2D eigenvalue weighted by atomic mass is 32.2. The zero-order valence-electron chi connectivity index (χ0n) is 11.1. The van der Waals surface area contributed by atoms with E-state index in [0.717, 1.165) is 24.6 Å². The van der Waals surface area contributed by atoms with Crippen molar-refractivity contribution in [3.8, 4) is 0 Å². The van der Waals surface area contributed by atoms with Gasteiger partial charge in [0.2, 0.25) is 5.91 Å². The summed E-state index contributed by atoms with van der Waals surface area (Å²) in [7, 11) is 0. The van der Waals surface area contributed by atoms with Crippen molar-refractivity contribution in [3.63, 3.8) is 0 Å². The molecule has 2 nitrogen and oxygen atoms in total. The average molecular weight is 245 g/mol. The van der Waals surface area contributed by atoms with Gasteiger partial charge in [0.15, 0.2) is 0 Å². The van der Waals surface area contributed by atoms with Gasteiger partial charge in [0, 0.05) is 6.54 Å². The van der Waals surface area contributed by atoms with E-state index in [0.29, 0.717) is 5.75 Å². The van der Waals surface area contributed by atoms with Gasteiger partial charge in [-0.1, -0.05) is 46.5 Å². The second-order valence-corrected chi connectivity index (χ2v) is 5.62. The summed E-state index contributed by atoms with van der Waals surface area (Å²) in [6.45, 7) is 7.48. The lowest BCUT2D eigenvalue weighted by molar-refractivity contribution is -0.118. The van der Waals surface area contributed by atoms with Gasteiger partial charge in [-0.2, -0.15) is 11.8 Å². The Balaban J connectivity index is 3.17. The summed E-state index contributed by atoms with van der Waals surface area (Å²) in [4.78, 5) is 11.3. The van der Waals surface area contributed by atoms with Crippen molar-refractivity contribution in [2.75, 3.05) is 18.1 Å². The molecule has 1 atom stereocenters. The molecule has 0 heterocycles. The third-order valence-electron chi connectivity index (χ3n) is 2.83. The molecule has 0 rings (SSSR count). The highest BCUT2D eigenvalue weighted by Gasteiger charge is 2.00. The molecule has 0 aromatic heterocycles. The van der Waals surface area contributed by atoms with E-state index in [4.69, 9.17) is 0 Å². The van der Waals surface area contributed by atoms with Crippen molar-refractivity contribution in [2.24, 2.45) is 5.92 Å². The number of amides is 1. The van der Waals surface area contributed by atoms with Crippen LogP contribution >= 0.6 is 11.8 Å². The highest BCUT2D eigenvalue weighted by Crippen LogP contribution is 2.11. The highest BCUT2D eigenvalue weighted by molar-refractivity contribution is 7.99. The van der Waals surface area contributed by atoms with Gasteiger partial charge in [-0.15, -0.1) is 0 Å². The molecule has 0 radical (unpaired) electrons. The van der Waals surface area contributed by atoms with E-state index in [1.807, 2.05) is 0 Å². The molecule has 0 aliphatic rings. The maximum absolute atomic E-state index is 11.3. The van der Waals surface area contributed by atoms with Crippen LogP contribution in [0.3, 0.4) is 0 Å². The summed E-state index contributed by atoms with van der Waals surface area (Å²) in [6, 6.07) is 0. The summed E-state index contributed by atoms with van der Waals surface area (Å²) in [5, 5.41) is 2.96. The Morgan fingerprint density at radius 2 is 2.00 bits per heavy atom. The maximum Gasteiger partial charge on any atom is 0.229 e. The first-order chi connectivity index (χ1) is 7.70. The van der Waals surface area contributed by atoms with Gasteiger partial charge in [-0.25, -0.2) is 0 Å². The average Bonchev–Trinajstić information content (AvgIpc) is 2.30. The molecule has 3 heteroatoms. The van der Waals surface area contributed by atoms with E-state index in [9.17, 15) is 4.79 Å². The normalized spacial score (nSPS) is 12.4. The zero-order chi connectivity index (χ0) is 12.2. The van der Waals surface area contributed by atoms with Gasteiger partial charge < -0.3 is 5.32 Å². The number of nitrogens with one attached hydrogen (secondary N) is 1. The number of hydrogen-bond donors (Lipinski definition) is 1. The van der Waals surface area contributed by atoms with Crippen LogP contribution in [0.2, 0.25) is 0 Å². The van der Waals surface area contributed by atoms with E-state index in [-0.39, 0.29) is 5.91 Å². The monoisotopic (exact) mass is 245 g/mol. The van der Waals surface area contributed by atoms with E-state index < -0.39 is 0 Å². The number of hydrogen-bond acceptors (Lipinski definition) is 2. The second kappa shape index (κ2) is 11.3. The predicted molar refractivity (Wildman–Crippen MR) is 73.9 cm³/mol. The molecular formula is C13H27NOS. The molecule has 0 fully saturated rings. The molecule has 1 N–H and O–H groups in total. The van der Waals surface area contributed by atoms with Crippen molar-refractivity contribution in [1.82, 2.24) is 5.32 Å². The quantitative estimate of drug-likeness (QED) is 0.597. The second-order valence-electron chi connectivity index (χ2n) is 4.35. The fourth-order valence-electron chi connectivity index (χ4n) is 1.47. The minimum absolute atomic E-state index is 0.189. The van der Waals surface area contributed by atoms with Gasteiger partial charge in [0.1, 0.15) is 0 Å². The van der Waals surface area contributed by atoms with Gasteiger partial charge in [0.25, 0.3) is 0 Å². The largest absolute Gasteiger partial charge is 0.355 e. The molecule has 0 spiro atoms. The molecule has 0 aliphatic carbocycles. The van der Waals surface area contributed by atoms with Crippen molar-refractivity contribution < 1.29 is 4.79 Å². The third kappa shape index (κ3) is 10.3. The summed E-state index contributed by atoms with van der Waals surface area (Å²) in [5.41, 5.74) is 0. The van der Waals surface area contributed by atoms with Gasteiger partial charge in [-0.05, 0) is 18.1 Å². The first-order valence-electron chi connectivity index (χ1n) is 6.55. The van der Waals surface area contributed by atoms with E-state index >= 15 is 0 Å². The minimum Gasteiger partial charge on any atom is -0.355 e. The molecular weight excluding hydrogens is 218 g/mol. The molecule has 0 aromatic rings. The van der Waals surface area contributed by atoms with Crippen LogP contribution in [-0.4, -0.2) is 24.0 Å². The minimum atomic E-state index is 0.189. The first-order valence-corrected chi connectivity index (χ1v) is 7.70. The van der Waals surface area contributed by atoms with E-state index in [1.54, 1.807) is 11.8 Å². The predicted octanol–water partition coefficient (Wildman–Crippen LogP) is 3.46. The molecule has 0 unspecified atom stereocenters. The molecule has 0 bridgehead atoms. The first kappa shape index (κ1) is 15.8. The van der Waals surface area contributed by atoms with Crippen LogP contribution in [0, 0.1) is 5.92 Å². The summed E-state index contributed by atoms with van der Waals surface area (Å²) in [5.74, 6) is 2.68. The van der Waals surface area contributed by atoms with Crippen LogP contribution < -0.4 is 5.32 Å². The summed E-state index contributed by atoms with van der Waals surface area (Å²) >= 11 is 1.68. The lowest BCUT2D eigenvalue weighted by atomic mass is 10.0. The topological polar surface area (TPSA) is 29.1 Å². The SMILES string of the molecule is CCSCC(=O)NCCCCC[C@H](C)CC. The molecule has 0 aliphatic heterocycles. The van der Waals surface area contributed by atoms with Crippen molar-refractivity contribution in [1.29, 1.82) is 0 Å². The molecule has 1 amide bonds. The molecule has 0 saturated heterocycles. The Morgan fingerprint density at radius 3 is 2.62 bits per heavy atom. The fourth-order valence-corrected chi connectivity index (χ4v) is 1.96. The van der Waals surface area contributed by atoms with Crippen LogP contribution in [-0.2, 0) is 4.79 Å². The molecule has 0 aromatic carbocycles. The van der Waals surface area contributed by atoms with Crippen molar-refractivity contribution >= 4 is 17.7 Å². The van der Waals surface area contributed by atoms with Crippen molar-refractivity contribution in [2.45, 2.75) is 52.9 Å². The number of carbonyl (C=O) groups is 1. The smallest absolute Gasteiger partial charge is 0.229 e. The Hall–Kier alpha value is -0.180. The molecule has 0 saturated carbocycles. The number of thioether (sulfide) groups is 1. The molecule has 96 valence electrons. The molecule has 16 heavy (non-hydrogen) atoms. The maximum atomic E-state index is 11.3. The number of carbonyl (C=O) groups excluding carboxylic acids is 1. The Bertz CT molecular complexity index is 173. The number of rotatable bonds is 10. The lowest BCUT2D eigenvalue weighted by Gasteiger charge is -2.08. The van der Waals surface area contributed by atoms with Crippen LogP contribution in [0.25, 0.3) is 0 Å². The van der Waals surface area contributed by atoms with Crippen LogP contribution in [0.1, 0.15) is 52.9 Å². The standard InChI is InChI=1S/C13H27NOS/c1-4-12(3)9-7-6-8-10-14-13(15)11-16-5-2/h12H,4-11H2,1-3H3,(H,14,15)/t12-/m1/s1. The van der Waals surface area contributed by atoms with Crippen LogP contribution in [0.5, 0.6) is 0 Å². The van der Waals surface area contributed by atoms with Crippen molar-refractivity contribution in [3.05, 3.63) is 0 Å². The van der Waals surface area contributed by atoms with Gasteiger partial charge in [0.05, 0.1) is 5.75 Å². The Labute approximate surface area is 105 Å². The summed E-state index contributed by atoms with van der Waals surface area (Å²) in [6.07, 6.45) is 6.28. The summed E-state index contributed by atoms with van der Waals surface area (Å²) < 4.78 is 0. The van der Waals surface area contributed by atoms with E-state index in [2.05, 4.69) is 26.1 Å². The van der Waals surface area contributed by atoms with Gasteiger partial charge in [-0.3, -0.25) is 4.79 Å². The van der Waals surface area contributed by atoms with Gasteiger partial charge >= 0.3 is 0 Å².